The Morgan fingerprint density at radius 3 is 2.45 bits per heavy atom. The van der Waals surface area contributed by atoms with Crippen LogP contribution < -0.4 is 5.73 Å². The molecule has 0 unspecified atom stereocenters. The van der Waals surface area contributed by atoms with Crippen LogP contribution in [0.25, 0.3) is 0 Å². The molecule has 0 saturated carbocycles. The van der Waals surface area contributed by atoms with Crippen molar-refractivity contribution in [3.8, 4) is 5.75 Å². The van der Waals surface area contributed by atoms with E-state index in [4.69, 9.17) is 10.8 Å². The largest absolute Gasteiger partial charge is 0.506 e. The van der Waals surface area contributed by atoms with Gasteiger partial charge in [-0.2, -0.15) is 8.78 Å². The highest BCUT2D eigenvalue weighted by atomic mass is 79.9. The number of ether oxygens (including phenoxy) is 1. The highest BCUT2D eigenvalue weighted by Gasteiger charge is 2.50. The first-order valence-corrected chi connectivity index (χ1v) is 6.49. The van der Waals surface area contributed by atoms with E-state index in [1.807, 2.05) is 0 Å². The Morgan fingerprint density at radius 2 is 2.00 bits per heavy atom. The number of halogens is 4. The summed E-state index contributed by atoms with van der Waals surface area (Å²) in [6.07, 6.45) is 0. The van der Waals surface area contributed by atoms with Gasteiger partial charge in [-0.1, -0.05) is 0 Å². The number of aromatic carboxylic acids is 1. The van der Waals surface area contributed by atoms with Gasteiger partial charge in [-0.15, -0.1) is 12.4 Å². The van der Waals surface area contributed by atoms with E-state index in [9.17, 15) is 23.5 Å². The Bertz CT molecular complexity index is 585. The lowest BCUT2D eigenvalue weighted by Gasteiger charge is -2.24. The highest BCUT2D eigenvalue weighted by Crippen LogP contribution is 2.40. The minimum atomic E-state index is -4.20. The van der Waals surface area contributed by atoms with Gasteiger partial charge in [0.05, 0.1) is 16.6 Å². The van der Waals surface area contributed by atoms with E-state index < -0.39 is 40.8 Å². The molecule has 0 aliphatic heterocycles. The smallest absolute Gasteiger partial charge is 0.379 e. The Kier molecular flexibility index (Phi) is 7.20. The third kappa shape index (κ3) is 3.84. The maximum atomic E-state index is 13.9. The second-order valence-corrected chi connectivity index (χ2v) is 4.84. The fourth-order valence-corrected chi connectivity index (χ4v) is 1.96. The van der Waals surface area contributed by atoms with Crippen LogP contribution in [0.3, 0.4) is 0 Å². The second-order valence-electron chi connectivity index (χ2n) is 3.98. The number of carboxylic acid groups (broad SMARTS) is 1. The molecule has 0 fully saturated rings. The summed E-state index contributed by atoms with van der Waals surface area (Å²) in [5, 5.41) is 18.8. The molecule has 0 amide bonds. The normalized spacial score (nSPS) is 12.2. The lowest BCUT2D eigenvalue weighted by Crippen LogP contribution is -2.42. The van der Waals surface area contributed by atoms with Crippen molar-refractivity contribution in [1.29, 1.82) is 0 Å². The lowest BCUT2D eigenvalue weighted by atomic mass is 9.95. The number of rotatable bonds is 5. The molecular formula is C12H13BrClF2NO5. The first kappa shape index (κ1) is 20.6. The molecule has 10 heteroatoms. The van der Waals surface area contributed by atoms with Gasteiger partial charge in [-0.25, -0.2) is 9.59 Å². The number of phenolic OH excluding ortho intramolecular Hbond substituents is 1. The van der Waals surface area contributed by atoms with Crippen LogP contribution in [0.15, 0.2) is 16.6 Å². The van der Waals surface area contributed by atoms with Gasteiger partial charge in [0.15, 0.2) is 0 Å². The van der Waals surface area contributed by atoms with Crippen molar-refractivity contribution in [3.05, 3.63) is 27.7 Å². The Morgan fingerprint density at radius 1 is 1.45 bits per heavy atom. The van der Waals surface area contributed by atoms with E-state index in [1.165, 1.54) is 6.92 Å². The molecule has 0 aromatic heterocycles. The summed E-state index contributed by atoms with van der Waals surface area (Å²) in [7, 11) is 0. The SMILES string of the molecule is CCOC(=O)C(F)(F)[C@@H](N)c1c(C(=O)O)ccc(Br)c1O.Cl. The van der Waals surface area contributed by atoms with Gasteiger partial charge in [0.25, 0.3) is 0 Å². The average molecular weight is 405 g/mol. The third-order valence-electron chi connectivity index (χ3n) is 2.65. The summed E-state index contributed by atoms with van der Waals surface area (Å²) >= 11 is 2.87. The predicted molar refractivity (Wildman–Crippen MR) is 78.5 cm³/mol. The zero-order valence-corrected chi connectivity index (χ0v) is 13.6. The van der Waals surface area contributed by atoms with Gasteiger partial charge in [0, 0.05) is 5.56 Å². The highest BCUT2D eigenvalue weighted by molar-refractivity contribution is 9.10. The van der Waals surface area contributed by atoms with Crippen LogP contribution in [0.4, 0.5) is 8.78 Å². The standard InChI is InChI=1S/C12H12BrF2NO5.ClH/c1-2-21-11(20)12(14,15)9(16)7-5(10(18)19)3-4-6(13)8(7)17;/h3-4,9,17H,2,16H2,1H3,(H,18,19);1H/t9-;/m0./s1. The topological polar surface area (TPSA) is 110 Å². The molecule has 0 bridgehead atoms. The molecule has 0 aliphatic carbocycles. The van der Waals surface area contributed by atoms with Crippen molar-refractivity contribution in [3.63, 3.8) is 0 Å². The molecule has 124 valence electrons. The number of carbonyl (C=O) groups is 2. The number of carbonyl (C=O) groups excluding carboxylic acids is 1. The van der Waals surface area contributed by atoms with Crippen molar-refractivity contribution < 1.29 is 33.3 Å². The summed E-state index contributed by atoms with van der Waals surface area (Å²) in [4.78, 5) is 22.3. The molecule has 0 spiro atoms. The van der Waals surface area contributed by atoms with Gasteiger partial charge in [-0.3, -0.25) is 0 Å². The van der Waals surface area contributed by atoms with Crippen LogP contribution in [0.5, 0.6) is 5.75 Å². The van der Waals surface area contributed by atoms with E-state index in [0.717, 1.165) is 12.1 Å². The van der Waals surface area contributed by atoms with Crippen LogP contribution in [-0.2, 0) is 9.53 Å². The van der Waals surface area contributed by atoms with Crippen LogP contribution in [0.1, 0.15) is 28.9 Å². The van der Waals surface area contributed by atoms with Gasteiger partial charge < -0.3 is 20.7 Å². The molecule has 1 atom stereocenters. The van der Waals surface area contributed by atoms with Crippen LogP contribution in [0.2, 0.25) is 0 Å². The average Bonchev–Trinajstić information content (AvgIpc) is 2.40. The van der Waals surface area contributed by atoms with Crippen molar-refractivity contribution in [2.45, 2.75) is 18.9 Å². The summed E-state index contributed by atoms with van der Waals surface area (Å²) < 4.78 is 32.0. The molecule has 0 radical (unpaired) electrons. The number of hydrogen-bond donors (Lipinski definition) is 3. The number of hydrogen-bond acceptors (Lipinski definition) is 5. The van der Waals surface area contributed by atoms with E-state index in [2.05, 4.69) is 20.7 Å². The maximum absolute atomic E-state index is 13.9. The van der Waals surface area contributed by atoms with Gasteiger partial charge >= 0.3 is 17.9 Å². The Balaban J connectivity index is 0.00000441. The summed E-state index contributed by atoms with van der Waals surface area (Å²) in [6, 6.07) is -0.222. The monoisotopic (exact) mass is 403 g/mol. The van der Waals surface area contributed by atoms with Crippen LogP contribution >= 0.6 is 28.3 Å². The number of nitrogens with two attached hydrogens (primary N) is 1. The van der Waals surface area contributed by atoms with E-state index in [0.29, 0.717) is 0 Å². The molecular weight excluding hydrogens is 391 g/mol. The lowest BCUT2D eigenvalue weighted by molar-refractivity contribution is -0.174. The molecule has 1 aromatic rings. The molecule has 0 aliphatic rings. The third-order valence-corrected chi connectivity index (χ3v) is 3.29. The Labute approximate surface area is 138 Å². The van der Waals surface area contributed by atoms with Crippen molar-refractivity contribution >= 4 is 40.3 Å². The molecule has 4 N–H and O–H groups in total. The summed E-state index contributed by atoms with van der Waals surface area (Å²) in [6.45, 7) is 1.04. The molecule has 6 nitrogen and oxygen atoms in total. The predicted octanol–water partition coefficient (Wildman–Crippen LogP) is 2.47. The maximum Gasteiger partial charge on any atom is 0.379 e. The zero-order valence-electron chi connectivity index (χ0n) is 11.2. The number of esters is 1. The van der Waals surface area contributed by atoms with Crippen molar-refractivity contribution in [1.82, 2.24) is 0 Å². The molecule has 1 rings (SSSR count). The first-order valence-electron chi connectivity index (χ1n) is 5.69. The van der Waals surface area contributed by atoms with E-state index in [1.54, 1.807) is 0 Å². The first-order chi connectivity index (χ1) is 9.64. The van der Waals surface area contributed by atoms with Crippen molar-refractivity contribution in [2.75, 3.05) is 6.61 Å². The summed E-state index contributed by atoms with van der Waals surface area (Å²) in [5.41, 5.74) is 3.93. The minimum Gasteiger partial charge on any atom is -0.506 e. The summed E-state index contributed by atoms with van der Waals surface area (Å²) in [5.74, 6) is -8.43. The van der Waals surface area contributed by atoms with Crippen LogP contribution in [-0.4, -0.2) is 34.7 Å². The fraction of sp³-hybridized carbons (Fsp3) is 0.333. The zero-order chi connectivity index (χ0) is 16.4. The molecule has 0 saturated heterocycles. The van der Waals surface area contributed by atoms with Gasteiger partial charge in [0.1, 0.15) is 11.8 Å². The number of benzene rings is 1. The van der Waals surface area contributed by atoms with Gasteiger partial charge in [-0.05, 0) is 35.0 Å². The van der Waals surface area contributed by atoms with E-state index >= 15 is 0 Å². The Hall–Kier alpha value is -1.45. The minimum absolute atomic E-state index is 0. The number of aromatic hydroxyl groups is 1. The van der Waals surface area contributed by atoms with E-state index in [-0.39, 0.29) is 23.5 Å². The van der Waals surface area contributed by atoms with Gasteiger partial charge in [0.2, 0.25) is 0 Å². The number of alkyl halides is 2. The van der Waals surface area contributed by atoms with Crippen LogP contribution in [0, 0.1) is 0 Å². The van der Waals surface area contributed by atoms with Crippen molar-refractivity contribution in [2.24, 2.45) is 5.73 Å². The number of phenols is 1. The fourth-order valence-electron chi connectivity index (χ4n) is 1.62. The molecule has 1 aromatic carbocycles. The number of carboxylic acids is 1. The quantitative estimate of drug-likeness (QED) is 0.650. The molecule has 22 heavy (non-hydrogen) atoms. The second kappa shape index (κ2) is 7.70. The molecule has 0 heterocycles.